The zero-order chi connectivity index (χ0) is 23.1. The van der Waals surface area contributed by atoms with Crippen LogP contribution in [0, 0.1) is 18.8 Å². The molecule has 0 radical (unpaired) electrons. The second kappa shape index (κ2) is 8.99. The molecule has 5 rings (SSSR count). The number of halogens is 1. The number of rotatable bonds is 4. The first kappa shape index (κ1) is 22.2. The molecule has 7 heteroatoms. The van der Waals surface area contributed by atoms with E-state index in [1.807, 2.05) is 43.3 Å². The fraction of sp³-hybridized carbons (Fsp3) is 0.385. The third kappa shape index (κ3) is 4.34. The SMILES string of the molecule is Cc1ccc([C@@H]2[C@@H](c3ccccn3)NC(=S)N2c2ccc(N3C[C@H](C)C[C@H](C)C3)c(Cl)c2)o1. The van der Waals surface area contributed by atoms with Crippen LogP contribution in [-0.4, -0.2) is 23.2 Å². The van der Waals surface area contributed by atoms with E-state index in [1.165, 1.54) is 6.42 Å². The summed E-state index contributed by atoms with van der Waals surface area (Å²) >= 11 is 12.7. The van der Waals surface area contributed by atoms with Crippen molar-refractivity contribution in [3.05, 3.63) is 77.0 Å². The molecule has 2 fully saturated rings. The van der Waals surface area contributed by atoms with Crippen LogP contribution in [0.4, 0.5) is 11.4 Å². The number of piperidine rings is 1. The second-order valence-electron chi connectivity index (χ2n) is 9.43. The molecule has 172 valence electrons. The summed E-state index contributed by atoms with van der Waals surface area (Å²) in [7, 11) is 0. The maximum atomic E-state index is 6.87. The van der Waals surface area contributed by atoms with Crippen LogP contribution in [0.25, 0.3) is 0 Å². The molecule has 2 aliphatic heterocycles. The van der Waals surface area contributed by atoms with Crippen molar-refractivity contribution in [2.45, 2.75) is 39.3 Å². The van der Waals surface area contributed by atoms with Crippen LogP contribution >= 0.6 is 23.8 Å². The molecule has 0 aliphatic carbocycles. The first-order chi connectivity index (χ1) is 15.9. The second-order valence-corrected chi connectivity index (χ2v) is 10.2. The van der Waals surface area contributed by atoms with Crippen molar-refractivity contribution in [3.8, 4) is 0 Å². The molecule has 0 saturated carbocycles. The lowest BCUT2D eigenvalue weighted by Crippen LogP contribution is -2.38. The highest BCUT2D eigenvalue weighted by molar-refractivity contribution is 7.80. The molecule has 0 amide bonds. The Hall–Kier alpha value is -2.57. The number of aryl methyl sites for hydroxylation is 1. The van der Waals surface area contributed by atoms with Crippen molar-refractivity contribution in [1.29, 1.82) is 0 Å². The Bertz CT molecular complexity index is 1140. The zero-order valence-corrected chi connectivity index (χ0v) is 20.7. The fourth-order valence-corrected chi connectivity index (χ4v) is 5.94. The van der Waals surface area contributed by atoms with Crippen LogP contribution < -0.4 is 15.1 Å². The van der Waals surface area contributed by atoms with Crippen molar-refractivity contribution in [3.63, 3.8) is 0 Å². The van der Waals surface area contributed by atoms with Gasteiger partial charge in [0.2, 0.25) is 0 Å². The highest BCUT2D eigenvalue weighted by Crippen LogP contribution is 2.43. The number of nitrogens with zero attached hydrogens (tertiary/aromatic N) is 3. The van der Waals surface area contributed by atoms with E-state index < -0.39 is 0 Å². The van der Waals surface area contributed by atoms with Gasteiger partial charge in [0.05, 0.1) is 22.4 Å². The van der Waals surface area contributed by atoms with Gasteiger partial charge in [-0.1, -0.05) is 31.5 Å². The molecule has 0 spiro atoms. The number of hydrogen-bond donors (Lipinski definition) is 1. The minimum absolute atomic E-state index is 0.133. The van der Waals surface area contributed by atoms with E-state index >= 15 is 0 Å². The van der Waals surface area contributed by atoms with E-state index in [9.17, 15) is 0 Å². The molecule has 1 aromatic carbocycles. The first-order valence-corrected chi connectivity index (χ1v) is 12.3. The average molecular weight is 481 g/mol. The summed E-state index contributed by atoms with van der Waals surface area (Å²) in [5, 5.41) is 4.84. The van der Waals surface area contributed by atoms with Gasteiger partial charge in [-0.2, -0.15) is 0 Å². The number of furan rings is 1. The van der Waals surface area contributed by atoms with Crippen LogP contribution in [0.5, 0.6) is 0 Å². The van der Waals surface area contributed by atoms with E-state index in [0.717, 1.165) is 46.7 Å². The maximum Gasteiger partial charge on any atom is 0.174 e. The smallest absolute Gasteiger partial charge is 0.174 e. The van der Waals surface area contributed by atoms with Crippen LogP contribution in [-0.2, 0) is 0 Å². The predicted octanol–water partition coefficient (Wildman–Crippen LogP) is 6.30. The predicted molar refractivity (Wildman–Crippen MR) is 138 cm³/mol. The van der Waals surface area contributed by atoms with Gasteiger partial charge in [0.15, 0.2) is 5.11 Å². The third-order valence-electron chi connectivity index (χ3n) is 6.57. The number of hydrogen-bond acceptors (Lipinski definition) is 4. The monoisotopic (exact) mass is 480 g/mol. The topological polar surface area (TPSA) is 44.5 Å². The van der Waals surface area contributed by atoms with E-state index in [-0.39, 0.29) is 12.1 Å². The van der Waals surface area contributed by atoms with Gasteiger partial charge in [-0.25, -0.2) is 0 Å². The Morgan fingerprint density at radius 1 is 1.09 bits per heavy atom. The molecular weight excluding hydrogens is 452 g/mol. The van der Waals surface area contributed by atoms with Crippen LogP contribution in [0.3, 0.4) is 0 Å². The summed E-state index contributed by atoms with van der Waals surface area (Å²) in [5.41, 5.74) is 2.95. The highest BCUT2D eigenvalue weighted by atomic mass is 35.5. The molecule has 4 heterocycles. The van der Waals surface area contributed by atoms with Crippen molar-refractivity contribution in [2.24, 2.45) is 11.8 Å². The molecule has 33 heavy (non-hydrogen) atoms. The number of benzene rings is 1. The Morgan fingerprint density at radius 2 is 1.88 bits per heavy atom. The number of aromatic nitrogens is 1. The molecule has 4 atom stereocenters. The summed E-state index contributed by atoms with van der Waals surface area (Å²) in [6.45, 7) is 8.64. The van der Waals surface area contributed by atoms with E-state index in [0.29, 0.717) is 16.9 Å². The van der Waals surface area contributed by atoms with Crippen molar-refractivity contribution >= 4 is 40.3 Å². The van der Waals surface area contributed by atoms with Gasteiger partial charge in [-0.05, 0) is 79.9 Å². The van der Waals surface area contributed by atoms with Gasteiger partial charge in [0, 0.05) is 25.0 Å². The lowest BCUT2D eigenvalue weighted by atomic mass is 9.91. The number of pyridine rings is 1. The van der Waals surface area contributed by atoms with Gasteiger partial charge in [0.1, 0.15) is 17.6 Å². The normalized spacial score (nSPS) is 25.4. The van der Waals surface area contributed by atoms with Crippen molar-refractivity contribution in [1.82, 2.24) is 10.3 Å². The molecule has 0 bridgehead atoms. The molecule has 0 unspecified atom stereocenters. The highest BCUT2D eigenvalue weighted by Gasteiger charge is 2.42. The van der Waals surface area contributed by atoms with Crippen LogP contribution in [0.15, 0.2) is 59.1 Å². The van der Waals surface area contributed by atoms with E-state index in [4.69, 9.17) is 28.2 Å². The molecule has 2 aromatic heterocycles. The van der Waals surface area contributed by atoms with Gasteiger partial charge >= 0.3 is 0 Å². The Balaban J connectivity index is 1.51. The quantitative estimate of drug-likeness (QED) is 0.442. The average Bonchev–Trinajstić information content (AvgIpc) is 3.36. The van der Waals surface area contributed by atoms with Crippen molar-refractivity contribution in [2.75, 3.05) is 22.9 Å². The summed E-state index contributed by atoms with van der Waals surface area (Å²) in [6.07, 6.45) is 3.07. The Kier molecular flexibility index (Phi) is 6.06. The van der Waals surface area contributed by atoms with Gasteiger partial charge < -0.3 is 19.5 Å². The molecule has 2 aliphatic rings. The molecule has 2 saturated heterocycles. The summed E-state index contributed by atoms with van der Waals surface area (Å²) in [6, 6.07) is 15.9. The Morgan fingerprint density at radius 3 is 2.52 bits per heavy atom. The lowest BCUT2D eigenvalue weighted by molar-refractivity contribution is 0.357. The molecule has 1 N–H and O–H groups in total. The fourth-order valence-electron chi connectivity index (χ4n) is 5.30. The zero-order valence-electron chi connectivity index (χ0n) is 19.2. The minimum atomic E-state index is -0.168. The first-order valence-electron chi connectivity index (χ1n) is 11.5. The molecule has 3 aromatic rings. The Labute approximate surface area is 205 Å². The summed E-state index contributed by atoms with van der Waals surface area (Å²) in [4.78, 5) is 9.10. The van der Waals surface area contributed by atoms with Crippen molar-refractivity contribution < 1.29 is 4.42 Å². The van der Waals surface area contributed by atoms with Crippen LogP contribution in [0.2, 0.25) is 5.02 Å². The maximum absolute atomic E-state index is 6.87. The van der Waals surface area contributed by atoms with Gasteiger partial charge in [-0.3, -0.25) is 4.98 Å². The third-order valence-corrected chi connectivity index (χ3v) is 7.19. The largest absolute Gasteiger partial charge is 0.464 e. The lowest BCUT2D eigenvalue weighted by Gasteiger charge is -2.37. The minimum Gasteiger partial charge on any atom is -0.464 e. The number of nitrogens with one attached hydrogen (secondary N) is 1. The standard InChI is InChI=1S/C26H29ClN4OS/c1-16-12-17(2)15-30(14-16)22-9-8-19(13-20(22)27)31-25(23-10-7-18(3)32-23)24(29-26(31)33)21-6-4-5-11-28-21/h4-11,13,16-17,24-25H,12,14-15H2,1-3H3,(H,29,33)/t16-,17+,24-,25-/m1/s1. The van der Waals surface area contributed by atoms with Gasteiger partial charge in [0.25, 0.3) is 0 Å². The van der Waals surface area contributed by atoms with E-state index in [1.54, 1.807) is 6.20 Å². The summed E-state index contributed by atoms with van der Waals surface area (Å²) < 4.78 is 6.08. The van der Waals surface area contributed by atoms with E-state index in [2.05, 4.69) is 46.1 Å². The molecule has 5 nitrogen and oxygen atoms in total. The molecular formula is C26H29ClN4OS. The summed E-state index contributed by atoms with van der Waals surface area (Å²) in [5.74, 6) is 3.02. The van der Waals surface area contributed by atoms with Gasteiger partial charge in [-0.15, -0.1) is 0 Å². The number of thiocarbonyl (C=S) groups is 1. The van der Waals surface area contributed by atoms with Crippen LogP contribution in [0.1, 0.15) is 49.6 Å². The number of anilines is 2.